The van der Waals surface area contributed by atoms with E-state index in [1.165, 1.54) is 29.0 Å². The Bertz CT molecular complexity index is 757. The van der Waals surface area contributed by atoms with Gasteiger partial charge in [0.05, 0.1) is 12.2 Å². The number of fused-ring (bicyclic) bond motifs is 1. The van der Waals surface area contributed by atoms with Crippen LogP contribution >= 0.6 is 0 Å². The number of carbonyl (C=O) groups is 1. The van der Waals surface area contributed by atoms with Gasteiger partial charge in [-0.1, -0.05) is 24.6 Å². The first kappa shape index (κ1) is 18.5. The number of para-hydroxylation sites is 1. The maximum absolute atomic E-state index is 12.5. The summed E-state index contributed by atoms with van der Waals surface area (Å²) in [5.74, 6) is 0.323. The Labute approximate surface area is 154 Å². The quantitative estimate of drug-likeness (QED) is 0.778. The summed E-state index contributed by atoms with van der Waals surface area (Å²) in [5.41, 5.74) is 4.32. The molecule has 0 fully saturated rings. The van der Waals surface area contributed by atoms with Crippen LogP contribution in [0.3, 0.4) is 0 Å². The molecule has 1 heterocycles. The van der Waals surface area contributed by atoms with Gasteiger partial charge in [-0.05, 0) is 49.8 Å². The van der Waals surface area contributed by atoms with Gasteiger partial charge in [0.15, 0.2) is 6.10 Å². The maximum Gasteiger partial charge on any atom is 0.255 e. The largest absolute Gasteiger partial charge is 0.490 e. The number of likely N-dealkylation sites (N-methyl/N-ethyl adjacent to an activating group) is 1. The third-order valence-electron chi connectivity index (χ3n) is 4.93. The summed E-state index contributed by atoms with van der Waals surface area (Å²) < 4.78 is 5.59. The Kier molecular flexibility index (Phi) is 5.93. The number of ether oxygens (including phenoxy) is 1. The summed E-state index contributed by atoms with van der Waals surface area (Å²) in [5, 5.41) is 17.7. The summed E-state index contributed by atoms with van der Waals surface area (Å²) in [7, 11) is 1.69. The third-order valence-corrected chi connectivity index (χ3v) is 4.93. The molecule has 1 amide bonds. The predicted octanol–water partition coefficient (Wildman–Crippen LogP) is 2.39. The van der Waals surface area contributed by atoms with Gasteiger partial charge in [0.2, 0.25) is 0 Å². The van der Waals surface area contributed by atoms with Crippen LogP contribution < -0.4 is 4.74 Å². The van der Waals surface area contributed by atoms with Crippen molar-refractivity contribution in [2.75, 3.05) is 13.7 Å². The summed E-state index contributed by atoms with van der Waals surface area (Å²) in [6.07, 6.45) is 4.39. The van der Waals surface area contributed by atoms with Crippen molar-refractivity contribution in [3.8, 4) is 5.75 Å². The first-order valence-corrected chi connectivity index (χ1v) is 9.22. The normalized spacial score (nSPS) is 15.0. The highest BCUT2D eigenvalue weighted by Gasteiger charge is 2.23. The van der Waals surface area contributed by atoms with Gasteiger partial charge in [0.25, 0.3) is 5.91 Å². The monoisotopic (exact) mass is 357 g/mol. The number of benzene rings is 1. The molecule has 0 aliphatic heterocycles. The Morgan fingerprint density at radius 3 is 2.88 bits per heavy atom. The fourth-order valence-electron chi connectivity index (χ4n) is 3.37. The van der Waals surface area contributed by atoms with E-state index >= 15 is 0 Å². The molecule has 1 aliphatic carbocycles. The molecule has 1 aliphatic rings. The molecule has 2 N–H and O–H groups in total. The van der Waals surface area contributed by atoms with Crippen molar-refractivity contribution in [2.24, 2.45) is 0 Å². The molecule has 1 aromatic carbocycles. The highest BCUT2D eigenvalue weighted by atomic mass is 16.5. The fourth-order valence-corrected chi connectivity index (χ4v) is 3.37. The zero-order valence-electron chi connectivity index (χ0n) is 15.5. The minimum atomic E-state index is -1.20. The molecule has 0 saturated heterocycles. The van der Waals surface area contributed by atoms with E-state index in [1.54, 1.807) is 7.05 Å². The minimum Gasteiger partial charge on any atom is -0.490 e. The van der Waals surface area contributed by atoms with Gasteiger partial charge in [-0.15, -0.1) is 0 Å². The number of H-pyrrole nitrogens is 1. The molecule has 2 aromatic rings. The molecule has 3 rings (SSSR count). The zero-order chi connectivity index (χ0) is 18.5. The van der Waals surface area contributed by atoms with Crippen LogP contribution in [0.1, 0.15) is 41.8 Å². The van der Waals surface area contributed by atoms with Crippen LogP contribution in [0.5, 0.6) is 5.75 Å². The van der Waals surface area contributed by atoms with Crippen molar-refractivity contribution >= 4 is 5.91 Å². The maximum atomic E-state index is 12.5. The smallest absolute Gasteiger partial charge is 0.255 e. The van der Waals surface area contributed by atoms with Crippen LogP contribution in [0.15, 0.2) is 24.3 Å². The molecular weight excluding hydrogens is 330 g/mol. The van der Waals surface area contributed by atoms with Gasteiger partial charge in [0.1, 0.15) is 12.4 Å². The zero-order valence-corrected chi connectivity index (χ0v) is 15.5. The van der Waals surface area contributed by atoms with Gasteiger partial charge < -0.3 is 14.7 Å². The number of hydrogen-bond donors (Lipinski definition) is 2. The van der Waals surface area contributed by atoms with E-state index in [0.29, 0.717) is 12.3 Å². The van der Waals surface area contributed by atoms with E-state index < -0.39 is 6.10 Å². The van der Waals surface area contributed by atoms with Gasteiger partial charge in [-0.2, -0.15) is 5.10 Å². The lowest BCUT2D eigenvalue weighted by Crippen LogP contribution is -2.39. The van der Waals surface area contributed by atoms with Crippen LogP contribution in [0, 0.1) is 6.92 Å². The van der Waals surface area contributed by atoms with Crippen molar-refractivity contribution in [1.29, 1.82) is 0 Å². The number of aromatic nitrogens is 2. The first-order chi connectivity index (χ1) is 12.6. The summed E-state index contributed by atoms with van der Waals surface area (Å²) in [6.45, 7) is 2.26. The van der Waals surface area contributed by atoms with Crippen LogP contribution in [0.2, 0.25) is 0 Å². The Hall–Kier alpha value is -2.34. The van der Waals surface area contributed by atoms with Crippen LogP contribution in [-0.2, 0) is 24.2 Å². The Morgan fingerprint density at radius 2 is 2.08 bits per heavy atom. The number of aliphatic hydroxyl groups is 1. The molecule has 6 heteroatoms. The second kappa shape index (κ2) is 8.36. The number of carbonyl (C=O) groups excluding carboxylic acids is 1. The standard InChI is InChI=1S/C20H27N3O3/c1-14-8-6-7-11-19(14)26-13-18(24)20(25)23(2)12-17-15-9-4-3-5-10-16(15)21-22-17/h6-8,11,18,24H,3-5,9-10,12-13H2,1-2H3,(H,21,22). The molecule has 1 atom stereocenters. The lowest BCUT2D eigenvalue weighted by molar-refractivity contribution is -0.140. The van der Waals surface area contributed by atoms with E-state index in [9.17, 15) is 9.90 Å². The van der Waals surface area contributed by atoms with Gasteiger partial charge in [-0.25, -0.2) is 0 Å². The molecule has 6 nitrogen and oxygen atoms in total. The third kappa shape index (κ3) is 4.25. The molecule has 140 valence electrons. The average molecular weight is 357 g/mol. The highest BCUT2D eigenvalue weighted by Crippen LogP contribution is 2.22. The van der Waals surface area contributed by atoms with Crippen molar-refractivity contribution in [2.45, 2.75) is 51.7 Å². The topological polar surface area (TPSA) is 78.5 Å². The van der Waals surface area contributed by atoms with E-state index in [4.69, 9.17) is 4.74 Å². The second-order valence-electron chi connectivity index (χ2n) is 6.97. The van der Waals surface area contributed by atoms with Crippen molar-refractivity contribution in [3.05, 3.63) is 46.8 Å². The molecule has 0 radical (unpaired) electrons. The van der Waals surface area contributed by atoms with E-state index in [0.717, 1.165) is 30.5 Å². The number of amides is 1. The molecular formula is C20H27N3O3. The summed E-state index contributed by atoms with van der Waals surface area (Å²) >= 11 is 0. The van der Waals surface area contributed by atoms with Crippen molar-refractivity contribution in [1.82, 2.24) is 15.1 Å². The lowest BCUT2D eigenvalue weighted by atomic mass is 10.1. The van der Waals surface area contributed by atoms with Crippen LogP contribution in [0.25, 0.3) is 0 Å². The highest BCUT2D eigenvalue weighted by molar-refractivity contribution is 5.80. The lowest BCUT2D eigenvalue weighted by Gasteiger charge is -2.21. The number of nitrogens with zero attached hydrogens (tertiary/aromatic N) is 2. The molecule has 0 bridgehead atoms. The van der Waals surface area contributed by atoms with Gasteiger partial charge >= 0.3 is 0 Å². The van der Waals surface area contributed by atoms with Crippen LogP contribution in [0.4, 0.5) is 0 Å². The SMILES string of the molecule is Cc1ccccc1OCC(O)C(=O)N(C)Cc1n[nH]c2c1CCCCC2. The molecule has 1 unspecified atom stereocenters. The molecule has 1 aromatic heterocycles. The van der Waals surface area contributed by atoms with E-state index in [-0.39, 0.29) is 12.5 Å². The molecule has 0 spiro atoms. The van der Waals surface area contributed by atoms with Gasteiger partial charge in [0, 0.05) is 12.7 Å². The van der Waals surface area contributed by atoms with Crippen molar-refractivity contribution < 1.29 is 14.6 Å². The fraction of sp³-hybridized carbons (Fsp3) is 0.500. The number of hydrogen-bond acceptors (Lipinski definition) is 4. The Morgan fingerprint density at radius 1 is 1.31 bits per heavy atom. The summed E-state index contributed by atoms with van der Waals surface area (Å²) in [6, 6.07) is 7.55. The predicted molar refractivity (Wildman–Crippen MR) is 99.0 cm³/mol. The minimum absolute atomic E-state index is 0.0628. The average Bonchev–Trinajstić information content (AvgIpc) is 2.86. The molecule has 0 saturated carbocycles. The summed E-state index contributed by atoms with van der Waals surface area (Å²) in [4.78, 5) is 14.0. The second-order valence-corrected chi connectivity index (χ2v) is 6.97. The number of nitrogens with one attached hydrogen (secondary N) is 1. The first-order valence-electron chi connectivity index (χ1n) is 9.22. The van der Waals surface area contributed by atoms with E-state index in [2.05, 4.69) is 10.2 Å². The number of aryl methyl sites for hydroxylation is 2. The number of rotatable bonds is 6. The number of aliphatic hydroxyl groups excluding tert-OH is 1. The number of aromatic amines is 1. The van der Waals surface area contributed by atoms with Gasteiger partial charge in [-0.3, -0.25) is 9.89 Å². The Balaban J connectivity index is 1.57. The van der Waals surface area contributed by atoms with Crippen LogP contribution in [-0.4, -0.2) is 45.9 Å². The van der Waals surface area contributed by atoms with Crippen molar-refractivity contribution in [3.63, 3.8) is 0 Å². The molecule has 26 heavy (non-hydrogen) atoms. The van der Waals surface area contributed by atoms with E-state index in [1.807, 2.05) is 31.2 Å².